The number of carbonyl (C=O) groups is 1. The molecule has 0 spiro atoms. The second-order valence-electron chi connectivity index (χ2n) is 3.70. The maximum atomic E-state index is 11.3. The zero-order valence-corrected chi connectivity index (χ0v) is 11.4. The van der Waals surface area contributed by atoms with Crippen molar-refractivity contribution in [3.05, 3.63) is 56.7 Å². The molecule has 0 bridgehead atoms. The van der Waals surface area contributed by atoms with Crippen LogP contribution in [0.4, 0.5) is 0 Å². The molecule has 0 aliphatic heterocycles. The molecule has 0 aliphatic carbocycles. The van der Waals surface area contributed by atoms with E-state index < -0.39 is 11.9 Å². The zero-order chi connectivity index (χ0) is 12.3. The van der Waals surface area contributed by atoms with Gasteiger partial charge >= 0.3 is 5.97 Å². The summed E-state index contributed by atoms with van der Waals surface area (Å²) < 4.78 is 0.961. The van der Waals surface area contributed by atoms with Gasteiger partial charge in [0.25, 0.3) is 0 Å². The number of halogens is 1. The third-order valence-electron chi connectivity index (χ3n) is 2.57. The third-order valence-corrected chi connectivity index (χ3v) is 4.33. The summed E-state index contributed by atoms with van der Waals surface area (Å²) in [5, 5.41) is 11.2. The SMILES string of the molecule is O=C(O)C(Cc1ccccc1Br)c1cccs1. The Morgan fingerprint density at radius 1 is 1.29 bits per heavy atom. The van der Waals surface area contributed by atoms with E-state index in [1.165, 1.54) is 11.3 Å². The first-order valence-electron chi connectivity index (χ1n) is 5.18. The van der Waals surface area contributed by atoms with Gasteiger partial charge in [-0.25, -0.2) is 0 Å². The van der Waals surface area contributed by atoms with E-state index >= 15 is 0 Å². The predicted molar refractivity (Wildman–Crippen MR) is 72.5 cm³/mol. The normalized spacial score (nSPS) is 12.3. The third kappa shape index (κ3) is 2.96. The van der Waals surface area contributed by atoms with Crippen molar-refractivity contribution in [2.45, 2.75) is 12.3 Å². The second-order valence-corrected chi connectivity index (χ2v) is 5.54. The lowest BCUT2D eigenvalue weighted by Gasteiger charge is -2.11. The molecular weight excluding hydrogens is 300 g/mol. The van der Waals surface area contributed by atoms with Gasteiger partial charge in [-0.05, 0) is 29.5 Å². The van der Waals surface area contributed by atoms with E-state index in [9.17, 15) is 9.90 Å². The van der Waals surface area contributed by atoms with Crippen molar-refractivity contribution in [2.75, 3.05) is 0 Å². The van der Waals surface area contributed by atoms with Gasteiger partial charge in [-0.1, -0.05) is 40.2 Å². The highest BCUT2D eigenvalue weighted by molar-refractivity contribution is 9.10. The van der Waals surface area contributed by atoms with Gasteiger partial charge in [0.2, 0.25) is 0 Å². The van der Waals surface area contributed by atoms with Crippen LogP contribution >= 0.6 is 27.3 Å². The molecule has 88 valence electrons. The first-order chi connectivity index (χ1) is 8.18. The van der Waals surface area contributed by atoms with Crippen LogP contribution in [0, 0.1) is 0 Å². The van der Waals surface area contributed by atoms with Crippen LogP contribution in [0.5, 0.6) is 0 Å². The van der Waals surface area contributed by atoms with Gasteiger partial charge in [0.05, 0.1) is 5.92 Å². The summed E-state index contributed by atoms with van der Waals surface area (Å²) in [6.07, 6.45) is 0.511. The van der Waals surface area contributed by atoms with Gasteiger partial charge in [0.1, 0.15) is 0 Å². The quantitative estimate of drug-likeness (QED) is 0.929. The Morgan fingerprint density at radius 2 is 2.06 bits per heavy atom. The Balaban J connectivity index is 2.26. The van der Waals surface area contributed by atoms with E-state index in [0.29, 0.717) is 6.42 Å². The molecular formula is C13H11BrO2S. The molecule has 0 saturated carbocycles. The molecule has 2 aromatic rings. The summed E-state index contributed by atoms with van der Waals surface area (Å²) in [6, 6.07) is 11.5. The molecule has 4 heteroatoms. The molecule has 1 aromatic carbocycles. The molecule has 0 amide bonds. The lowest BCUT2D eigenvalue weighted by molar-refractivity contribution is -0.138. The molecule has 0 fully saturated rings. The van der Waals surface area contributed by atoms with Crippen LogP contribution < -0.4 is 0 Å². The van der Waals surface area contributed by atoms with Crippen molar-refractivity contribution < 1.29 is 9.90 Å². The Kier molecular flexibility index (Phi) is 3.97. The maximum absolute atomic E-state index is 11.3. The lowest BCUT2D eigenvalue weighted by atomic mass is 9.98. The number of benzene rings is 1. The van der Waals surface area contributed by atoms with Crippen LogP contribution in [0.25, 0.3) is 0 Å². The lowest BCUT2D eigenvalue weighted by Crippen LogP contribution is -2.13. The smallest absolute Gasteiger partial charge is 0.312 e. The minimum Gasteiger partial charge on any atom is -0.481 e. The van der Waals surface area contributed by atoms with Crippen LogP contribution in [0.3, 0.4) is 0 Å². The monoisotopic (exact) mass is 310 g/mol. The van der Waals surface area contributed by atoms with Gasteiger partial charge < -0.3 is 5.11 Å². The molecule has 2 nitrogen and oxygen atoms in total. The van der Waals surface area contributed by atoms with Gasteiger partial charge in [-0.2, -0.15) is 0 Å². The summed E-state index contributed by atoms with van der Waals surface area (Å²) in [5.41, 5.74) is 1.02. The molecule has 1 unspecified atom stereocenters. The number of rotatable bonds is 4. The predicted octanol–water partition coefficient (Wildman–Crippen LogP) is 3.92. The summed E-state index contributed by atoms with van der Waals surface area (Å²) >= 11 is 4.94. The second kappa shape index (κ2) is 5.47. The van der Waals surface area contributed by atoms with E-state index in [2.05, 4.69) is 15.9 Å². The van der Waals surface area contributed by atoms with Crippen molar-refractivity contribution in [1.82, 2.24) is 0 Å². The maximum Gasteiger partial charge on any atom is 0.312 e. The molecule has 17 heavy (non-hydrogen) atoms. The fourth-order valence-electron chi connectivity index (χ4n) is 1.68. The summed E-state index contributed by atoms with van der Waals surface area (Å²) in [4.78, 5) is 12.2. The zero-order valence-electron chi connectivity index (χ0n) is 8.97. The summed E-state index contributed by atoms with van der Waals surface area (Å²) in [6.45, 7) is 0. The van der Waals surface area contributed by atoms with Crippen LogP contribution in [0.2, 0.25) is 0 Å². The average molecular weight is 311 g/mol. The van der Waals surface area contributed by atoms with Crippen molar-refractivity contribution >= 4 is 33.2 Å². The number of aliphatic carboxylic acids is 1. The molecule has 1 heterocycles. The van der Waals surface area contributed by atoms with Crippen LogP contribution in [0.1, 0.15) is 16.4 Å². The van der Waals surface area contributed by atoms with E-state index in [1.54, 1.807) is 0 Å². The standard InChI is InChI=1S/C13H11BrO2S/c14-11-5-2-1-4-9(11)8-10(13(15)16)12-6-3-7-17-12/h1-7,10H,8H2,(H,15,16). The van der Waals surface area contributed by atoms with Gasteiger partial charge in [-0.3, -0.25) is 4.79 Å². The number of carboxylic acids is 1. The molecule has 1 N–H and O–H groups in total. The first kappa shape index (κ1) is 12.3. The Morgan fingerprint density at radius 3 is 2.65 bits per heavy atom. The highest BCUT2D eigenvalue weighted by Gasteiger charge is 2.21. The molecule has 1 aromatic heterocycles. The Bertz CT molecular complexity index is 508. The summed E-state index contributed by atoms with van der Waals surface area (Å²) in [7, 11) is 0. The van der Waals surface area contributed by atoms with Gasteiger partial charge in [0.15, 0.2) is 0 Å². The van der Waals surface area contributed by atoms with Gasteiger partial charge in [0, 0.05) is 9.35 Å². The van der Waals surface area contributed by atoms with E-state index in [-0.39, 0.29) is 0 Å². The Labute approximate surface area is 112 Å². The minimum atomic E-state index is -0.775. The van der Waals surface area contributed by atoms with Crippen LogP contribution in [-0.4, -0.2) is 11.1 Å². The van der Waals surface area contributed by atoms with E-state index in [4.69, 9.17) is 0 Å². The molecule has 0 saturated heterocycles. The average Bonchev–Trinajstić information content (AvgIpc) is 2.81. The summed E-state index contributed by atoms with van der Waals surface area (Å²) in [5.74, 6) is -1.24. The fourth-order valence-corrected chi connectivity index (χ4v) is 2.95. The first-order valence-corrected chi connectivity index (χ1v) is 6.85. The number of hydrogen-bond acceptors (Lipinski definition) is 2. The minimum absolute atomic E-state index is 0.464. The van der Waals surface area contributed by atoms with Crippen LogP contribution in [0.15, 0.2) is 46.3 Å². The number of carboxylic acid groups (broad SMARTS) is 1. The molecule has 0 aliphatic rings. The molecule has 0 radical (unpaired) electrons. The van der Waals surface area contributed by atoms with Crippen molar-refractivity contribution in [2.24, 2.45) is 0 Å². The van der Waals surface area contributed by atoms with E-state index in [0.717, 1.165) is 14.9 Å². The van der Waals surface area contributed by atoms with Crippen molar-refractivity contribution in [3.8, 4) is 0 Å². The number of hydrogen-bond donors (Lipinski definition) is 1. The van der Waals surface area contributed by atoms with Crippen molar-refractivity contribution in [1.29, 1.82) is 0 Å². The topological polar surface area (TPSA) is 37.3 Å². The molecule has 2 rings (SSSR count). The largest absolute Gasteiger partial charge is 0.481 e. The van der Waals surface area contributed by atoms with Crippen molar-refractivity contribution in [3.63, 3.8) is 0 Å². The Hall–Kier alpha value is -1.13. The molecule has 1 atom stereocenters. The van der Waals surface area contributed by atoms with Gasteiger partial charge in [-0.15, -0.1) is 11.3 Å². The van der Waals surface area contributed by atoms with E-state index in [1.807, 2.05) is 41.8 Å². The fraction of sp³-hybridized carbons (Fsp3) is 0.154. The van der Waals surface area contributed by atoms with Crippen LogP contribution in [-0.2, 0) is 11.2 Å². The highest BCUT2D eigenvalue weighted by Crippen LogP contribution is 2.28. The highest BCUT2D eigenvalue weighted by atomic mass is 79.9. The number of thiophene rings is 1.